The summed E-state index contributed by atoms with van der Waals surface area (Å²) < 4.78 is 0. The number of benzene rings is 1. The Morgan fingerprint density at radius 2 is 2.21 bits per heavy atom. The molecular formula is C16H24N2S. The van der Waals surface area contributed by atoms with Crippen molar-refractivity contribution in [1.82, 2.24) is 5.32 Å². The Morgan fingerprint density at radius 3 is 2.84 bits per heavy atom. The molecule has 2 nitrogen and oxygen atoms in total. The minimum Gasteiger partial charge on any atom is -0.300 e. The van der Waals surface area contributed by atoms with Gasteiger partial charge >= 0.3 is 0 Å². The van der Waals surface area contributed by atoms with Crippen molar-refractivity contribution in [2.45, 2.75) is 50.5 Å². The molecule has 0 saturated carbocycles. The number of nitriles is 1. The highest BCUT2D eigenvalue weighted by Crippen LogP contribution is 2.22. The van der Waals surface area contributed by atoms with Gasteiger partial charge in [0, 0.05) is 4.90 Å². The average molecular weight is 276 g/mol. The van der Waals surface area contributed by atoms with Crippen LogP contribution in [0.3, 0.4) is 0 Å². The molecule has 0 heterocycles. The number of nitrogens with zero attached hydrogens (tertiary/aromatic N) is 1. The number of aryl methyl sites for hydroxylation is 1. The second kappa shape index (κ2) is 8.24. The minimum atomic E-state index is -0.372. The maximum atomic E-state index is 9.25. The second-order valence-electron chi connectivity index (χ2n) is 5.14. The smallest absolute Gasteiger partial charge is 0.103 e. The molecule has 1 atom stereocenters. The van der Waals surface area contributed by atoms with Crippen LogP contribution in [0.15, 0.2) is 29.2 Å². The Bertz CT molecular complexity index is 425. The van der Waals surface area contributed by atoms with Gasteiger partial charge < -0.3 is 0 Å². The van der Waals surface area contributed by atoms with Crippen molar-refractivity contribution < 1.29 is 0 Å². The predicted octanol–water partition coefficient (Wildman–Crippen LogP) is 4.15. The molecule has 0 bridgehead atoms. The Morgan fingerprint density at radius 1 is 1.42 bits per heavy atom. The second-order valence-corrected chi connectivity index (χ2v) is 6.31. The van der Waals surface area contributed by atoms with E-state index in [1.807, 2.05) is 18.7 Å². The van der Waals surface area contributed by atoms with E-state index < -0.39 is 0 Å². The number of nitrogens with one attached hydrogen (secondary N) is 1. The number of hydrogen-bond donors (Lipinski definition) is 1. The van der Waals surface area contributed by atoms with E-state index in [9.17, 15) is 5.26 Å². The molecule has 104 valence electrons. The third-order valence-electron chi connectivity index (χ3n) is 3.09. The molecule has 1 aromatic carbocycles. The molecule has 0 amide bonds. The van der Waals surface area contributed by atoms with Crippen molar-refractivity contribution in [3.63, 3.8) is 0 Å². The lowest BCUT2D eigenvalue weighted by Crippen LogP contribution is -2.41. The summed E-state index contributed by atoms with van der Waals surface area (Å²) in [4.78, 5) is 1.32. The van der Waals surface area contributed by atoms with Crippen molar-refractivity contribution in [2.24, 2.45) is 0 Å². The van der Waals surface area contributed by atoms with Crippen LogP contribution in [0.25, 0.3) is 0 Å². The fourth-order valence-electron chi connectivity index (χ4n) is 1.91. The highest BCUT2D eigenvalue weighted by atomic mass is 32.2. The maximum Gasteiger partial charge on any atom is 0.103 e. The van der Waals surface area contributed by atoms with Crippen LogP contribution < -0.4 is 5.32 Å². The van der Waals surface area contributed by atoms with E-state index in [1.165, 1.54) is 10.5 Å². The van der Waals surface area contributed by atoms with Crippen molar-refractivity contribution >= 4 is 11.8 Å². The van der Waals surface area contributed by atoms with Crippen LogP contribution in [0.4, 0.5) is 0 Å². The molecule has 0 aliphatic rings. The van der Waals surface area contributed by atoms with Crippen LogP contribution in [0, 0.1) is 18.3 Å². The lowest BCUT2D eigenvalue weighted by atomic mass is 9.98. The fourth-order valence-corrected chi connectivity index (χ4v) is 2.87. The zero-order valence-electron chi connectivity index (χ0n) is 12.2. The summed E-state index contributed by atoms with van der Waals surface area (Å²) in [6.07, 6.45) is 3.02. The molecule has 19 heavy (non-hydrogen) atoms. The average Bonchev–Trinajstić information content (AvgIpc) is 2.42. The first-order chi connectivity index (χ1) is 9.09. The largest absolute Gasteiger partial charge is 0.300 e. The summed E-state index contributed by atoms with van der Waals surface area (Å²) in [5, 5.41) is 12.6. The molecular weight excluding hydrogens is 252 g/mol. The third kappa shape index (κ3) is 6.13. The van der Waals surface area contributed by atoms with E-state index in [1.54, 1.807) is 0 Å². The van der Waals surface area contributed by atoms with Gasteiger partial charge in [-0.2, -0.15) is 5.26 Å². The lowest BCUT2D eigenvalue weighted by Gasteiger charge is -2.22. The summed E-state index contributed by atoms with van der Waals surface area (Å²) in [5.41, 5.74) is 0.930. The molecule has 0 aliphatic heterocycles. The van der Waals surface area contributed by atoms with E-state index in [4.69, 9.17) is 0 Å². The van der Waals surface area contributed by atoms with E-state index in [2.05, 4.69) is 49.5 Å². The molecule has 0 fully saturated rings. The van der Waals surface area contributed by atoms with Crippen molar-refractivity contribution in [3.05, 3.63) is 29.8 Å². The predicted molar refractivity (Wildman–Crippen MR) is 83.4 cm³/mol. The van der Waals surface area contributed by atoms with E-state index in [0.29, 0.717) is 0 Å². The Balaban J connectivity index is 2.31. The molecule has 1 rings (SSSR count). The molecule has 1 unspecified atom stereocenters. The molecule has 0 spiro atoms. The van der Waals surface area contributed by atoms with Gasteiger partial charge in [0.1, 0.15) is 5.54 Å². The monoisotopic (exact) mass is 276 g/mol. The molecule has 3 heteroatoms. The summed E-state index contributed by atoms with van der Waals surface area (Å²) in [6.45, 7) is 7.15. The standard InChI is InChI=1S/C16H24N2S/c1-4-10-18-16(3,13-17)9-6-11-19-15-8-5-7-14(2)12-15/h5,7-8,12,18H,4,6,9-11H2,1-3H3. The molecule has 1 aromatic rings. The lowest BCUT2D eigenvalue weighted by molar-refractivity contribution is 0.415. The number of hydrogen-bond acceptors (Lipinski definition) is 3. The van der Waals surface area contributed by atoms with Crippen LogP contribution in [-0.4, -0.2) is 17.8 Å². The van der Waals surface area contributed by atoms with E-state index in [0.717, 1.165) is 31.6 Å². The third-order valence-corrected chi connectivity index (χ3v) is 4.17. The van der Waals surface area contributed by atoms with Gasteiger partial charge in [-0.1, -0.05) is 24.6 Å². The van der Waals surface area contributed by atoms with Crippen LogP contribution in [0.5, 0.6) is 0 Å². The van der Waals surface area contributed by atoms with Crippen molar-refractivity contribution in [2.75, 3.05) is 12.3 Å². The molecule has 0 radical (unpaired) electrons. The van der Waals surface area contributed by atoms with Gasteiger partial charge in [-0.25, -0.2) is 0 Å². The van der Waals surface area contributed by atoms with Gasteiger partial charge in [0.2, 0.25) is 0 Å². The van der Waals surface area contributed by atoms with Gasteiger partial charge in [0.25, 0.3) is 0 Å². The normalized spacial score (nSPS) is 13.8. The van der Waals surface area contributed by atoms with Crippen LogP contribution in [0.2, 0.25) is 0 Å². The zero-order valence-corrected chi connectivity index (χ0v) is 13.0. The van der Waals surface area contributed by atoms with Gasteiger partial charge in [-0.3, -0.25) is 5.32 Å². The summed E-state index contributed by atoms with van der Waals surface area (Å²) in [7, 11) is 0. The van der Waals surface area contributed by atoms with E-state index in [-0.39, 0.29) is 5.54 Å². The number of thioether (sulfide) groups is 1. The van der Waals surface area contributed by atoms with Crippen LogP contribution >= 0.6 is 11.8 Å². The quantitative estimate of drug-likeness (QED) is 0.572. The van der Waals surface area contributed by atoms with Gasteiger partial charge in [0.05, 0.1) is 6.07 Å². The molecule has 0 saturated heterocycles. The first-order valence-electron chi connectivity index (χ1n) is 6.95. The van der Waals surface area contributed by atoms with Crippen LogP contribution in [0.1, 0.15) is 38.7 Å². The first-order valence-corrected chi connectivity index (χ1v) is 7.94. The van der Waals surface area contributed by atoms with Crippen molar-refractivity contribution in [1.29, 1.82) is 5.26 Å². The SMILES string of the molecule is CCCNC(C)(C#N)CCCSc1cccc(C)c1. The Kier molecular flexibility index (Phi) is 6.97. The van der Waals surface area contributed by atoms with Gasteiger partial charge in [-0.05, 0) is 57.5 Å². The summed E-state index contributed by atoms with van der Waals surface area (Å²) in [6, 6.07) is 11.0. The molecule has 1 N–H and O–H groups in total. The van der Waals surface area contributed by atoms with Gasteiger partial charge in [0.15, 0.2) is 0 Å². The van der Waals surface area contributed by atoms with Crippen molar-refractivity contribution in [3.8, 4) is 6.07 Å². The summed E-state index contributed by atoms with van der Waals surface area (Å²) in [5.74, 6) is 1.06. The minimum absolute atomic E-state index is 0.372. The Labute approximate surface area is 121 Å². The maximum absolute atomic E-state index is 9.25. The highest BCUT2D eigenvalue weighted by molar-refractivity contribution is 7.99. The highest BCUT2D eigenvalue weighted by Gasteiger charge is 2.21. The Hall–Kier alpha value is -0.980. The first kappa shape index (κ1) is 16.1. The van der Waals surface area contributed by atoms with Gasteiger partial charge in [-0.15, -0.1) is 11.8 Å². The van der Waals surface area contributed by atoms with Crippen LogP contribution in [-0.2, 0) is 0 Å². The molecule has 0 aromatic heterocycles. The van der Waals surface area contributed by atoms with E-state index >= 15 is 0 Å². The molecule has 0 aliphatic carbocycles. The number of rotatable bonds is 8. The fraction of sp³-hybridized carbons (Fsp3) is 0.562. The zero-order chi connectivity index (χ0) is 14.1. The topological polar surface area (TPSA) is 35.8 Å². The summed E-state index contributed by atoms with van der Waals surface area (Å²) >= 11 is 1.87.